The van der Waals surface area contributed by atoms with Crippen molar-refractivity contribution in [2.45, 2.75) is 20.4 Å². The molecule has 23 heavy (non-hydrogen) atoms. The molecule has 1 aromatic heterocycles. The fourth-order valence-corrected chi connectivity index (χ4v) is 3.40. The van der Waals surface area contributed by atoms with Crippen LogP contribution in [0.2, 0.25) is 0 Å². The summed E-state index contributed by atoms with van der Waals surface area (Å²) in [6.45, 7) is 5.70. The molecule has 1 aliphatic rings. The van der Waals surface area contributed by atoms with E-state index in [-0.39, 0.29) is 11.4 Å². The number of nitrogens with one attached hydrogen (secondary N) is 2. The highest BCUT2D eigenvalue weighted by Gasteiger charge is 2.21. The normalized spacial score (nSPS) is 14.3. The van der Waals surface area contributed by atoms with E-state index in [4.69, 9.17) is 0 Å². The lowest BCUT2D eigenvalue weighted by atomic mass is 10.1. The number of anilines is 2. The average Bonchev–Trinajstić information content (AvgIpc) is 2.97. The van der Waals surface area contributed by atoms with Crippen LogP contribution in [0.15, 0.2) is 24.3 Å². The van der Waals surface area contributed by atoms with Crippen LogP contribution >= 0.6 is 12.1 Å². The van der Waals surface area contributed by atoms with Gasteiger partial charge < -0.3 is 10.4 Å². The molecule has 0 atom stereocenters. The monoisotopic (exact) mass is 334 g/mol. The van der Waals surface area contributed by atoms with Crippen molar-refractivity contribution in [3.8, 4) is 5.75 Å². The van der Waals surface area contributed by atoms with Crippen molar-refractivity contribution in [3.63, 3.8) is 0 Å². The summed E-state index contributed by atoms with van der Waals surface area (Å²) in [4.78, 5) is 4.32. The summed E-state index contributed by atoms with van der Waals surface area (Å²) in [5.41, 5.74) is 3.71. The number of hydrogen-bond donors (Lipinski definition) is 3. The predicted molar refractivity (Wildman–Crippen MR) is 92.0 cm³/mol. The summed E-state index contributed by atoms with van der Waals surface area (Å²) in [7, 11) is 0. The maximum atomic E-state index is 14.3. The number of aryl methyl sites for hydroxylation is 2. The lowest BCUT2D eigenvalue weighted by Crippen LogP contribution is -2.13. The van der Waals surface area contributed by atoms with E-state index in [0.29, 0.717) is 18.7 Å². The van der Waals surface area contributed by atoms with Gasteiger partial charge in [-0.1, -0.05) is 0 Å². The van der Waals surface area contributed by atoms with Gasteiger partial charge in [-0.2, -0.15) is 0 Å². The number of benzene rings is 1. The minimum absolute atomic E-state index is 0.0416. The van der Waals surface area contributed by atoms with Gasteiger partial charge >= 0.3 is 0 Å². The van der Waals surface area contributed by atoms with E-state index in [9.17, 15) is 9.50 Å². The Hall–Kier alpha value is -1.99. The summed E-state index contributed by atoms with van der Waals surface area (Å²) in [5, 5.41) is 13.4. The molecule has 0 aliphatic carbocycles. The van der Waals surface area contributed by atoms with E-state index in [1.807, 2.05) is 26.0 Å². The molecule has 0 radical (unpaired) electrons. The zero-order chi connectivity index (χ0) is 16.4. The molecule has 3 rings (SSSR count). The largest absolute Gasteiger partial charge is 0.506 e. The minimum atomic E-state index is -0.417. The third-order valence-corrected chi connectivity index (χ3v) is 4.44. The van der Waals surface area contributed by atoms with Crippen molar-refractivity contribution in [1.29, 1.82) is 0 Å². The van der Waals surface area contributed by atoms with Gasteiger partial charge in [-0.3, -0.25) is 9.29 Å². The van der Waals surface area contributed by atoms with Crippen LogP contribution in [-0.4, -0.2) is 23.2 Å². The zero-order valence-corrected chi connectivity index (χ0v) is 13.9. The van der Waals surface area contributed by atoms with Crippen molar-refractivity contribution < 1.29 is 9.50 Å². The highest BCUT2D eigenvalue weighted by Crippen LogP contribution is 2.36. The molecule has 122 valence electrons. The quantitative estimate of drug-likeness (QED) is 0.747. The highest BCUT2D eigenvalue weighted by atomic mass is 32.2. The Morgan fingerprint density at radius 2 is 2.04 bits per heavy atom. The second kappa shape index (κ2) is 6.64. The van der Waals surface area contributed by atoms with E-state index in [0.717, 1.165) is 23.6 Å². The standard InChI is InChI=1S/C16H19FN4OS/c1-10-5-13(6-11(2)20-10)18-9-12-7-14(17)16(15(22)8-12)21-4-3-19-23-21/h5-8,19,22H,3-4,9H2,1-2H3,(H,18,20). The van der Waals surface area contributed by atoms with Crippen LogP contribution in [0, 0.1) is 19.7 Å². The summed E-state index contributed by atoms with van der Waals surface area (Å²) < 4.78 is 19.1. The Bertz CT molecular complexity index is 676. The van der Waals surface area contributed by atoms with Crippen LogP contribution in [0.4, 0.5) is 15.8 Å². The van der Waals surface area contributed by atoms with Crippen molar-refractivity contribution in [2.75, 3.05) is 22.7 Å². The molecule has 7 heteroatoms. The Balaban J connectivity index is 1.76. The number of phenols is 1. The van der Waals surface area contributed by atoms with Gasteiger partial charge in [0.25, 0.3) is 0 Å². The average molecular weight is 334 g/mol. The topological polar surface area (TPSA) is 60.4 Å². The number of hydrogen-bond acceptors (Lipinski definition) is 6. The van der Waals surface area contributed by atoms with Crippen LogP contribution in [-0.2, 0) is 6.54 Å². The number of rotatable bonds is 4. The number of aromatic hydroxyl groups is 1. The van der Waals surface area contributed by atoms with Crippen molar-refractivity contribution in [3.05, 3.63) is 47.0 Å². The summed E-state index contributed by atoms with van der Waals surface area (Å²) >= 11 is 1.30. The Labute approximate surface area is 139 Å². The van der Waals surface area contributed by atoms with Gasteiger partial charge in [-0.05, 0) is 43.7 Å². The minimum Gasteiger partial charge on any atom is -0.506 e. The first-order valence-corrected chi connectivity index (χ1v) is 8.18. The molecule has 0 spiro atoms. The summed E-state index contributed by atoms with van der Waals surface area (Å²) in [5.74, 6) is -0.458. The molecule has 0 amide bonds. The number of pyridine rings is 1. The van der Waals surface area contributed by atoms with Gasteiger partial charge in [0.1, 0.15) is 11.4 Å². The molecule has 1 fully saturated rings. The zero-order valence-electron chi connectivity index (χ0n) is 13.1. The first-order valence-electron chi connectivity index (χ1n) is 7.41. The molecule has 0 unspecified atom stereocenters. The van der Waals surface area contributed by atoms with Crippen LogP contribution < -0.4 is 14.3 Å². The second-order valence-electron chi connectivity index (χ2n) is 5.53. The second-order valence-corrected chi connectivity index (χ2v) is 6.44. The predicted octanol–water partition coefficient (Wildman–Crippen LogP) is 3.13. The summed E-state index contributed by atoms with van der Waals surface area (Å²) in [6, 6.07) is 6.93. The molecule has 0 bridgehead atoms. The Morgan fingerprint density at radius 1 is 1.30 bits per heavy atom. The van der Waals surface area contributed by atoms with Gasteiger partial charge in [0.2, 0.25) is 0 Å². The van der Waals surface area contributed by atoms with E-state index >= 15 is 0 Å². The fourth-order valence-electron chi connectivity index (χ4n) is 2.60. The number of aromatic nitrogens is 1. The van der Waals surface area contributed by atoms with E-state index in [1.54, 1.807) is 10.4 Å². The molecule has 1 saturated heterocycles. The lowest BCUT2D eigenvalue weighted by Gasteiger charge is -2.18. The molecular weight excluding hydrogens is 315 g/mol. The fraction of sp³-hybridized carbons (Fsp3) is 0.312. The molecule has 2 aromatic rings. The molecule has 5 nitrogen and oxygen atoms in total. The van der Waals surface area contributed by atoms with Gasteiger partial charge in [0, 0.05) is 48.8 Å². The van der Waals surface area contributed by atoms with Crippen LogP contribution in [0.25, 0.3) is 0 Å². The van der Waals surface area contributed by atoms with Crippen molar-refractivity contribution in [1.82, 2.24) is 9.71 Å². The van der Waals surface area contributed by atoms with Crippen molar-refractivity contribution >= 4 is 23.5 Å². The van der Waals surface area contributed by atoms with Gasteiger partial charge in [0.05, 0.1) is 0 Å². The number of nitrogens with zero attached hydrogens (tertiary/aromatic N) is 2. The lowest BCUT2D eigenvalue weighted by molar-refractivity contribution is 0.469. The molecule has 1 aliphatic heterocycles. The van der Waals surface area contributed by atoms with Crippen LogP contribution in [0.1, 0.15) is 17.0 Å². The number of phenolic OH excluding ortho intramolecular Hbond substituents is 1. The summed E-state index contributed by atoms with van der Waals surface area (Å²) in [6.07, 6.45) is 0. The van der Waals surface area contributed by atoms with Gasteiger partial charge in [0.15, 0.2) is 5.82 Å². The smallest absolute Gasteiger partial charge is 0.151 e. The third kappa shape index (κ3) is 3.68. The van der Waals surface area contributed by atoms with E-state index in [1.165, 1.54) is 18.2 Å². The molecule has 0 saturated carbocycles. The SMILES string of the molecule is Cc1cc(NCc2cc(O)c(N3CCNS3)c(F)c2)cc(C)n1. The maximum absolute atomic E-state index is 14.3. The maximum Gasteiger partial charge on any atom is 0.151 e. The van der Waals surface area contributed by atoms with E-state index < -0.39 is 5.82 Å². The highest BCUT2D eigenvalue weighted by molar-refractivity contribution is 7.99. The van der Waals surface area contributed by atoms with Crippen LogP contribution in [0.3, 0.4) is 0 Å². The Kier molecular flexibility index (Phi) is 4.58. The molecule has 3 N–H and O–H groups in total. The van der Waals surface area contributed by atoms with Crippen molar-refractivity contribution in [2.24, 2.45) is 0 Å². The molecular formula is C16H19FN4OS. The first-order chi connectivity index (χ1) is 11.0. The first kappa shape index (κ1) is 15.9. The van der Waals surface area contributed by atoms with Gasteiger partial charge in [-0.15, -0.1) is 0 Å². The molecule has 2 heterocycles. The number of halogens is 1. The van der Waals surface area contributed by atoms with Crippen LogP contribution in [0.5, 0.6) is 5.75 Å². The van der Waals surface area contributed by atoms with E-state index in [2.05, 4.69) is 15.0 Å². The Morgan fingerprint density at radius 3 is 2.65 bits per heavy atom. The third-order valence-electron chi connectivity index (χ3n) is 3.52. The van der Waals surface area contributed by atoms with Gasteiger partial charge in [-0.25, -0.2) is 9.11 Å². The molecule has 1 aromatic carbocycles.